The van der Waals surface area contributed by atoms with Crippen LogP contribution in [0.15, 0.2) is 24.3 Å². The maximum absolute atomic E-state index is 5.82. The van der Waals surface area contributed by atoms with Gasteiger partial charge in [-0.15, -0.1) is 0 Å². The Labute approximate surface area is 92.1 Å². The maximum atomic E-state index is 5.82. The molecule has 0 saturated heterocycles. The van der Waals surface area contributed by atoms with Crippen molar-refractivity contribution in [2.24, 2.45) is 11.7 Å². The summed E-state index contributed by atoms with van der Waals surface area (Å²) in [5.41, 5.74) is 8.32. The molecule has 1 saturated carbocycles. The first-order valence-electron chi connectivity index (χ1n) is 5.73. The summed E-state index contributed by atoms with van der Waals surface area (Å²) in [6.45, 7) is 3.21. The fraction of sp³-hybridized carbons (Fsp3) is 0.538. The highest BCUT2D eigenvalue weighted by molar-refractivity contribution is 5.47. The molecule has 15 heavy (non-hydrogen) atoms. The van der Waals surface area contributed by atoms with Crippen LogP contribution in [0.2, 0.25) is 0 Å². The van der Waals surface area contributed by atoms with Gasteiger partial charge in [-0.3, -0.25) is 0 Å². The smallest absolute Gasteiger partial charge is 0.0363 e. The molecule has 1 aliphatic rings. The van der Waals surface area contributed by atoms with Crippen LogP contribution < -0.4 is 10.6 Å². The van der Waals surface area contributed by atoms with E-state index in [0.717, 1.165) is 5.92 Å². The Morgan fingerprint density at radius 3 is 2.40 bits per heavy atom. The van der Waals surface area contributed by atoms with Crippen molar-refractivity contribution < 1.29 is 0 Å². The summed E-state index contributed by atoms with van der Waals surface area (Å²) < 4.78 is 0. The molecule has 1 aromatic rings. The van der Waals surface area contributed by atoms with E-state index in [4.69, 9.17) is 5.73 Å². The average Bonchev–Trinajstić information content (AvgIpc) is 3.02. The predicted molar refractivity (Wildman–Crippen MR) is 65.0 cm³/mol. The van der Waals surface area contributed by atoms with Gasteiger partial charge in [-0.1, -0.05) is 12.1 Å². The molecule has 2 N–H and O–H groups in total. The predicted octanol–water partition coefficient (Wildman–Crippen LogP) is 2.55. The van der Waals surface area contributed by atoms with Crippen molar-refractivity contribution in [2.45, 2.75) is 25.8 Å². The lowest BCUT2D eigenvalue weighted by Gasteiger charge is -2.19. The number of rotatable bonds is 4. The molecular formula is C13H20N2. The van der Waals surface area contributed by atoms with Crippen molar-refractivity contribution >= 4 is 5.69 Å². The lowest BCUT2D eigenvalue weighted by atomic mass is 10.1. The number of hydrogen-bond acceptors (Lipinski definition) is 2. The second-order valence-corrected chi connectivity index (χ2v) is 4.70. The van der Waals surface area contributed by atoms with Gasteiger partial charge in [0.05, 0.1) is 0 Å². The van der Waals surface area contributed by atoms with Gasteiger partial charge < -0.3 is 10.6 Å². The lowest BCUT2D eigenvalue weighted by Crippen LogP contribution is -2.19. The first kappa shape index (κ1) is 10.5. The molecule has 82 valence electrons. The van der Waals surface area contributed by atoms with Gasteiger partial charge in [-0.2, -0.15) is 0 Å². The van der Waals surface area contributed by atoms with Crippen LogP contribution in [0.5, 0.6) is 0 Å². The summed E-state index contributed by atoms with van der Waals surface area (Å²) in [5.74, 6) is 0.933. The van der Waals surface area contributed by atoms with Crippen LogP contribution in [0.3, 0.4) is 0 Å². The van der Waals surface area contributed by atoms with E-state index >= 15 is 0 Å². The minimum absolute atomic E-state index is 0.132. The highest BCUT2D eigenvalue weighted by Gasteiger charge is 2.22. The molecule has 1 aliphatic carbocycles. The largest absolute Gasteiger partial charge is 0.374 e. The zero-order valence-electron chi connectivity index (χ0n) is 9.61. The first-order chi connectivity index (χ1) is 7.16. The Morgan fingerprint density at radius 1 is 1.33 bits per heavy atom. The molecule has 0 bridgehead atoms. The molecule has 1 atom stereocenters. The third kappa shape index (κ3) is 2.72. The molecule has 0 heterocycles. The summed E-state index contributed by atoms with van der Waals surface area (Å²) in [6, 6.07) is 8.72. The van der Waals surface area contributed by atoms with Crippen LogP contribution in [0, 0.1) is 5.92 Å². The molecule has 1 aromatic carbocycles. The van der Waals surface area contributed by atoms with Crippen LogP contribution in [-0.4, -0.2) is 13.6 Å². The highest BCUT2D eigenvalue weighted by atomic mass is 15.1. The summed E-state index contributed by atoms with van der Waals surface area (Å²) in [4.78, 5) is 2.34. The topological polar surface area (TPSA) is 29.3 Å². The molecular weight excluding hydrogens is 184 g/mol. The molecule has 1 unspecified atom stereocenters. The van der Waals surface area contributed by atoms with Gasteiger partial charge in [0, 0.05) is 25.3 Å². The van der Waals surface area contributed by atoms with Crippen LogP contribution >= 0.6 is 0 Å². The van der Waals surface area contributed by atoms with Gasteiger partial charge in [-0.25, -0.2) is 0 Å². The Bertz CT molecular complexity index is 312. The molecule has 0 radical (unpaired) electrons. The second kappa shape index (κ2) is 4.23. The average molecular weight is 204 g/mol. The van der Waals surface area contributed by atoms with E-state index in [-0.39, 0.29) is 6.04 Å². The third-order valence-electron chi connectivity index (χ3n) is 3.09. The van der Waals surface area contributed by atoms with E-state index in [2.05, 4.69) is 36.2 Å². The van der Waals surface area contributed by atoms with Crippen molar-refractivity contribution in [3.05, 3.63) is 29.8 Å². The van der Waals surface area contributed by atoms with Gasteiger partial charge in [0.1, 0.15) is 0 Å². The van der Waals surface area contributed by atoms with Crippen LogP contribution in [-0.2, 0) is 0 Å². The summed E-state index contributed by atoms with van der Waals surface area (Å²) in [5, 5.41) is 0. The first-order valence-corrected chi connectivity index (χ1v) is 5.73. The Balaban J connectivity index is 2.01. The fourth-order valence-electron chi connectivity index (χ4n) is 1.83. The van der Waals surface area contributed by atoms with Gasteiger partial charge in [0.25, 0.3) is 0 Å². The SMILES string of the molecule is CC(N)c1ccc(N(C)CC2CC2)cc1. The van der Waals surface area contributed by atoms with Gasteiger partial charge in [0.15, 0.2) is 0 Å². The highest BCUT2D eigenvalue weighted by Crippen LogP contribution is 2.30. The number of nitrogens with two attached hydrogens (primary N) is 1. The monoisotopic (exact) mass is 204 g/mol. The zero-order valence-corrected chi connectivity index (χ0v) is 9.61. The Hall–Kier alpha value is -1.02. The Kier molecular flexibility index (Phi) is 2.96. The molecule has 1 fully saturated rings. The van der Waals surface area contributed by atoms with Crippen LogP contribution in [0.25, 0.3) is 0 Å². The standard InChI is InChI=1S/C13H20N2/c1-10(14)12-5-7-13(8-6-12)15(2)9-11-3-4-11/h5-8,10-11H,3-4,9,14H2,1-2H3. The van der Waals surface area contributed by atoms with Crippen molar-refractivity contribution in [3.63, 3.8) is 0 Å². The van der Waals surface area contributed by atoms with Crippen molar-refractivity contribution in [1.29, 1.82) is 0 Å². The molecule has 0 amide bonds. The van der Waals surface area contributed by atoms with Gasteiger partial charge in [-0.05, 0) is 43.4 Å². The van der Waals surface area contributed by atoms with Crippen molar-refractivity contribution in [1.82, 2.24) is 0 Å². The molecule has 2 nitrogen and oxygen atoms in total. The third-order valence-corrected chi connectivity index (χ3v) is 3.09. The molecule has 0 aliphatic heterocycles. The summed E-state index contributed by atoms with van der Waals surface area (Å²) in [7, 11) is 2.17. The minimum Gasteiger partial charge on any atom is -0.374 e. The summed E-state index contributed by atoms with van der Waals surface area (Å²) >= 11 is 0. The van der Waals surface area contributed by atoms with E-state index in [0.29, 0.717) is 0 Å². The van der Waals surface area contributed by atoms with E-state index in [1.807, 2.05) is 6.92 Å². The summed E-state index contributed by atoms with van der Waals surface area (Å²) in [6.07, 6.45) is 2.81. The second-order valence-electron chi connectivity index (χ2n) is 4.70. The van der Waals surface area contributed by atoms with Crippen molar-refractivity contribution in [3.8, 4) is 0 Å². The number of hydrogen-bond donors (Lipinski definition) is 1. The quantitative estimate of drug-likeness (QED) is 0.816. The Morgan fingerprint density at radius 2 is 1.93 bits per heavy atom. The van der Waals surface area contributed by atoms with Crippen molar-refractivity contribution in [2.75, 3.05) is 18.5 Å². The number of nitrogens with zero attached hydrogens (tertiary/aromatic N) is 1. The van der Waals surface area contributed by atoms with E-state index < -0.39 is 0 Å². The zero-order chi connectivity index (χ0) is 10.8. The van der Waals surface area contributed by atoms with E-state index in [1.54, 1.807) is 0 Å². The molecule has 2 heteroatoms. The molecule has 0 spiro atoms. The van der Waals surface area contributed by atoms with Crippen LogP contribution in [0.1, 0.15) is 31.4 Å². The normalized spacial score (nSPS) is 17.5. The minimum atomic E-state index is 0.132. The number of benzene rings is 1. The molecule has 0 aromatic heterocycles. The van der Waals surface area contributed by atoms with E-state index in [9.17, 15) is 0 Å². The van der Waals surface area contributed by atoms with Gasteiger partial charge >= 0.3 is 0 Å². The van der Waals surface area contributed by atoms with E-state index in [1.165, 1.54) is 30.6 Å². The maximum Gasteiger partial charge on any atom is 0.0363 e. The van der Waals surface area contributed by atoms with Crippen LogP contribution in [0.4, 0.5) is 5.69 Å². The van der Waals surface area contributed by atoms with Gasteiger partial charge in [0.2, 0.25) is 0 Å². The molecule has 2 rings (SSSR count). The number of anilines is 1. The fourth-order valence-corrected chi connectivity index (χ4v) is 1.83. The lowest BCUT2D eigenvalue weighted by molar-refractivity contribution is 0.784.